The smallest absolute Gasteiger partial charge is 0.266 e. The molecule has 0 saturated heterocycles. The molecule has 0 aliphatic carbocycles. The van der Waals surface area contributed by atoms with Gasteiger partial charge in [0.05, 0.1) is 22.2 Å². The van der Waals surface area contributed by atoms with E-state index in [0.717, 1.165) is 16.8 Å². The van der Waals surface area contributed by atoms with Crippen LogP contribution in [0.4, 0.5) is 11.5 Å². The maximum Gasteiger partial charge on any atom is 0.266 e. The van der Waals surface area contributed by atoms with Crippen LogP contribution in [0.15, 0.2) is 34.3 Å². The minimum atomic E-state index is -0.310. The van der Waals surface area contributed by atoms with E-state index < -0.39 is 0 Å². The number of hydrogen-bond acceptors (Lipinski definition) is 9. The highest BCUT2D eigenvalue weighted by atomic mass is 32.2. The Kier molecular flexibility index (Phi) is 6.13. The van der Waals surface area contributed by atoms with Crippen molar-refractivity contribution in [3.8, 4) is 6.07 Å². The highest BCUT2D eigenvalue weighted by molar-refractivity contribution is 7.98. The van der Waals surface area contributed by atoms with Gasteiger partial charge in [-0.25, -0.2) is 15.0 Å². The first-order valence-corrected chi connectivity index (χ1v) is 11.6. The van der Waals surface area contributed by atoms with E-state index in [1.165, 1.54) is 29.3 Å². The summed E-state index contributed by atoms with van der Waals surface area (Å²) < 4.78 is 0. The number of thiophene rings is 1. The normalized spacial score (nSPS) is 10.8. The van der Waals surface area contributed by atoms with Gasteiger partial charge in [-0.1, -0.05) is 29.5 Å². The molecule has 166 valence electrons. The highest BCUT2D eigenvalue weighted by Crippen LogP contribution is 2.29. The highest BCUT2D eigenvalue weighted by Gasteiger charge is 2.20. The first-order chi connectivity index (χ1) is 15.8. The molecule has 1 aromatic carbocycles. The van der Waals surface area contributed by atoms with Gasteiger partial charge >= 0.3 is 0 Å². The number of nitrogens with two attached hydrogens (primary N) is 1. The molecule has 3 heterocycles. The molecule has 33 heavy (non-hydrogen) atoms. The second-order valence-electron chi connectivity index (χ2n) is 7.37. The lowest BCUT2D eigenvalue weighted by atomic mass is 10.1. The van der Waals surface area contributed by atoms with Crippen LogP contribution in [0.5, 0.6) is 0 Å². The summed E-state index contributed by atoms with van der Waals surface area (Å²) in [7, 11) is 0. The summed E-state index contributed by atoms with van der Waals surface area (Å²) in [4.78, 5) is 42.1. The number of nitrogens with one attached hydrogen (secondary N) is 2. The molecule has 3 aromatic heterocycles. The number of H-pyrrole nitrogens is 1. The second-order valence-corrected chi connectivity index (χ2v) is 9.32. The number of amides is 1. The van der Waals surface area contributed by atoms with Crippen molar-refractivity contribution in [2.45, 2.75) is 31.7 Å². The number of nitrogen functional groups attached to an aromatic ring is 1. The Bertz CT molecular complexity index is 1500. The minimum Gasteiger partial charge on any atom is -0.382 e. The maximum atomic E-state index is 12.9. The van der Waals surface area contributed by atoms with Gasteiger partial charge in [-0.05, 0) is 38.0 Å². The molecule has 4 aromatic rings. The molecule has 0 bridgehead atoms. The Morgan fingerprint density at radius 1 is 1.30 bits per heavy atom. The number of aromatic amines is 1. The van der Waals surface area contributed by atoms with Crippen molar-refractivity contribution in [2.24, 2.45) is 0 Å². The second kappa shape index (κ2) is 9.01. The zero-order chi connectivity index (χ0) is 23.7. The van der Waals surface area contributed by atoms with Gasteiger partial charge in [0, 0.05) is 5.69 Å². The van der Waals surface area contributed by atoms with E-state index in [9.17, 15) is 9.59 Å². The molecule has 1 amide bonds. The Hall–Kier alpha value is -3.75. The van der Waals surface area contributed by atoms with Crippen molar-refractivity contribution in [2.75, 3.05) is 11.1 Å². The predicted octanol–water partition coefficient (Wildman–Crippen LogP) is 3.70. The Labute approximate surface area is 197 Å². The van der Waals surface area contributed by atoms with E-state index in [0.29, 0.717) is 31.6 Å². The van der Waals surface area contributed by atoms with Crippen LogP contribution in [0.2, 0.25) is 0 Å². The third kappa shape index (κ3) is 4.57. The topological polar surface area (TPSA) is 150 Å². The summed E-state index contributed by atoms with van der Waals surface area (Å²) >= 11 is 2.40. The fourth-order valence-corrected chi connectivity index (χ4v) is 5.06. The molecule has 4 N–H and O–H groups in total. The molecule has 0 atom stereocenters. The van der Waals surface area contributed by atoms with Crippen LogP contribution in [0.3, 0.4) is 0 Å². The van der Waals surface area contributed by atoms with Crippen LogP contribution in [-0.2, 0) is 5.75 Å². The number of aromatic nitrogens is 4. The lowest BCUT2D eigenvalue weighted by Crippen LogP contribution is -2.13. The van der Waals surface area contributed by atoms with Gasteiger partial charge in [-0.2, -0.15) is 5.26 Å². The molecule has 0 aliphatic rings. The number of thioether (sulfide) groups is 1. The van der Waals surface area contributed by atoms with Crippen molar-refractivity contribution >= 4 is 50.7 Å². The quantitative estimate of drug-likeness (QED) is 0.291. The Balaban J connectivity index is 1.59. The fraction of sp³-hybridized carbons (Fsp3) is 0.182. The molecule has 11 heteroatoms. The van der Waals surface area contributed by atoms with Gasteiger partial charge in [0.1, 0.15) is 28.1 Å². The summed E-state index contributed by atoms with van der Waals surface area (Å²) in [6.07, 6.45) is 1.35. The molecule has 0 unspecified atom stereocenters. The standard InChI is InChI=1S/C22H19N7O2S2/c1-10-4-5-14(11(2)6-10)26-20(31)17-12(3)16-19(30)27-15(28-21(16)33-17)9-32-22-25-8-13(7-23)18(24)29-22/h4-6,8H,9H2,1-3H3,(H,26,31)(H2,24,25,29)(H,27,28,30). The number of fused-ring (bicyclic) bond motifs is 1. The molecular formula is C22H19N7O2S2. The SMILES string of the molecule is Cc1ccc(NC(=O)c2sc3nc(CSc4ncc(C#N)c(N)n4)[nH]c(=O)c3c2C)c(C)c1. The van der Waals surface area contributed by atoms with Crippen molar-refractivity contribution in [3.05, 3.63) is 67.7 Å². The van der Waals surface area contributed by atoms with Crippen molar-refractivity contribution in [1.82, 2.24) is 19.9 Å². The van der Waals surface area contributed by atoms with E-state index in [2.05, 4.69) is 25.3 Å². The number of carbonyl (C=O) groups is 1. The molecule has 0 spiro atoms. The summed E-state index contributed by atoms with van der Waals surface area (Å²) in [6.45, 7) is 5.67. The average molecular weight is 478 g/mol. The lowest BCUT2D eigenvalue weighted by Gasteiger charge is -2.08. The number of rotatable bonds is 5. The summed E-state index contributed by atoms with van der Waals surface area (Å²) in [5, 5.41) is 12.6. The van der Waals surface area contributed by atoms with Gasteiger partial charge < -0.3 is 16.0 Å². The third-order valence-corrected chi connectivity index (χ3v) is 7.00. The largest absolute Gasteiger partial charge is 0.382 e. The van der Waals surface area contributed by atoms with E-state index in [1.807, 2.05) is 38.1 Å². The average Bonchev–Trinajstić information content (AvgIpc) is 3.11. The van der Waals surface area contributed by atoms with E-state index in [4.69, 9.17) is 11.0 Å². The Morgan fingerprint density at radius 3 is 2.79 bits per heavy atom. The number of nitriles is 1. The van der Waals surface area contributed by atoms with Crippen LogP contribution < -0.4 is 16.6 Å². The van der Waals surface area contributed by atoms with Crippen molar-refractivity contribution < 1.29 is 4.79 Å². The Morgan fingerprint density at radius 2 is 2.09 bits per heavy atom. The van der Waals surface area contributed by atoms with Gasteiger partial charge in [-0.15, -0.1) is 11.3 Å². The summed E-state index contributed by atoms with van der Waals surface area (Å²) in [6, 6.07) is 7.70. The lowest BCUT2D eigenvalue weighted by molar-refractivity contribution is 0.103. The molecule has 4 rings (SSSR count). The van der Waals surface area contributed by atoms with Gasteiger partial charge in [0.15, 0.2) is 5.16 Å². The van der Waals surface area contributed by atoms with Crippen LogP contribution in [0.25, 0.3) is 10.2 Å². The van der Waals surface area contributed by atoms with Crippen LogP contribution in [-0.4, -0.2) is 25.8 Å². The zero-order valence-electron chi connectivity index (χ0n) is 18.0. The molecule has 0 aliphatic heterocycles. The number of aryl methyl sites for hydroxylation is 3. The number of hydrogen-bond donors (Lipinski definition) is 3. The third-order valence-electron chi connectivity index (χ3n) is 4.94. The number of carbonyl (C=O) groups excluding carboxylic acids is 1. The minimum absolute atomic E-state index is 0.0975. The van der Waals surface area contributed by atoms with Crippen LogP contribution in [0.1, 0.15) is 37.7 Å². The van der Waals surface area contributed by atoms with Gasteiger partial charge in [-0.3, -0.25) is 9.59 Å². The first-order valence-electron chi connectivity index (χ1n) is 9.83. The van der Waals surface area contributed by atoms with Crippen molar-refractivity contribution in [1.29, 1.82) is 5.26 Å². The monoisotopic (exact) mass is 477 g/mol. The van der Waals surface area contributed by atoms with Crippen molar-refractivity contribution in [3.63, 3.8) is 0 Å². The van der Waals surface area contributed by atoms with Crippen LogP contribution >= 0.6 is 23.1 Å². The van der Waals surface area contributed by atoms with Crippen LogP contribution in [0, 0.1) is 32.1 Å². The van der Waals surface area contributed by atoms with E-state index >= 15 is 0 Å². The van der Waals surface area contributed by atoms with E-state index in [-0.39, 0.29) is 28.6 Å². The maximum absolute atomic E-state index is 12.9. The molecular weight excluding hydrogens is 458 g/mol. The summed E-state index contributed by atoms with van der Waals surface area (Å²) in [5.41, 5.74) is 9.00. The molecule has 0 radical (unpaired) electrons. The molecule has 0 fully saturated rings. The zero-order valence-corrected chi connectivity index (χ0v) is 19.6. The van der Waals surface area contributed by atoms with Gasteiger partial charge in [0.2, 0.25) is 0 Å². The number of nitrogens with zero attached hydrogens (tertiary/aromatic N) is 4. The predicted molar refractivity (Wildman–Crippen MR) is 130 cm³/mol. The van der Waals surface area contributed by atoms with Gasteiger partial charge in [0.25, 0.3) is 11.5 Å². The van der Waals surface area contributed by atoms with E-state index in [1.54, 1.807) is 6.92 Å². The summed E-state index contributed by atoms with van der Waals surface area (Å²) in [5.74, 6) is 0.531. The number of anilines is 2. The molecule has 9 nitrogen and oxygen atoms in total. The first kappa shape index (κ1) is 22.4. The number of benzene rings is 1. The fourth-order valence-electron chi connectivity index (χ4n) is 3.27. The molecule has 0 saturated carbocycles.